The monoisotopic (exact) mass is 638 g/mol. The molecule has 2 fully saturated rings. The highest BCUT2D eigenvalue weighted by Crippen LogP contribution is 2.44. The Bertz CT molecular complexity index is 1520. The van der Waals surface area contributed by atoms with Gasteiger partial charge in [0.2, 0.25) is 0 Å². The summed E-state index contributed by atoms with van der Waals surface area (Å²) in [5, 5.41) is 13.4. The van der Waals surface area contributed by atoms with Crippen molar-refractivity contribution < 1.29 is 37.4 Å². The average molecular weight is 639 g/mol. The Hall–Kier alpha value is -3.64. The SMILES string of the molecule is CC1(C(=O)O)CCC(n2ncc(C(=O)N3C[C@@H](Oc4ccccc4)C[C@@H]3C(=O)c3c(Cl)cncc3Cl)c2C(F)(F)F)CC1. The van der Waals surface area contributed by atoms with E-state index in [0.717, 1.165) is 15.8 Å². The summed E-state index contributed by atoms with van der Waals surface area (Å²) in [7, 11) is 0. The minimum Gasteiger partial charge on any atom is -0.488 e. The number of carboxylic acids is 1. The summed E-state index contributed by atoms with van der Waals surface area (Å²) >= 11 is 12.5. The molecule has 2 aromatic heterocycles. The topological polar surface area (TPSA) is 115 Å². The fourth-order valence-electron chi connectivity index (χ4n) is 5.79. The van der Waals surface area contributed by atoms with Crippen LogP contribution < -0.4 is 4.74 Å². The predicted octanol–water partition coefficient (Wildman–Crippen LogP) is 6.35. The predicted molar refractivity (Wildman–Crippen MR) is 149 cm³/mol. The van der Waals surface area contributed by atoms with Gasteiger partial charge in [-0.1, -0.05) is 41.4 Å². The van der Waals surface area contributed by atoms with Gasteiger partial charge in [0.05, 0.1) is 51.4 Å². The Morgan fingerprint density at radius 3 is 2.26 bits per heavy atom. The Morgan fingerprint density at radius 2 is 1.67 bits per heavy atom. The van der Waals surface area contributed by atoms with E-state index in [0.29, 0.717) is 5.75 Å². The molecule has 1 aromatic carbocycles. The number of para-hydroxylation sites is 1. The van der Waals surface area contributed by atoms with E-state index >= 15 is 0 Å². The lowest BCUT2D eigenvalue weighted by molar-refractivity contribution is -0.152. The lowest BCUT2D eigenvalue weighted by Gasteiger charge is -2.34. The number of rotatable bonds is 7. The molecule has 228 valence electrons. The molecule has 2 aliphatic rings. The number of alkyl halides is 3. The van der Waals surface area contributed by atoms with E-state index < -0.39 is 58.7 Å². The van der Waals surface area contributed by atoms with Gasteiger partial charge in [0.1, 0.15) is 11.9 Å². The van der Waals surface area contributed by atoms with Crippen molar-refractivity contribution in [1.29, 1.82) is 0 Å². The molecule has 3 heterocycles. The summed E-state index contributed by atoms with van der Waals surface area (Å²) in [4.78, 5) is 44.2. The molecule has 3 aromatic rings. The molecule has 0 bridgehead atoms. The summed E-state index contributed by atoms with van der Waals surface area (Å²) in [5.74, 6) is -2.26. The number of amides is 1. The molecule has 1 saturated heterocycles. The Labute approximate surface area is 254 Å². The molecule has 0 spiro atoms. The molecule has 14 heteroatoms. The first-order valence-electron chi connectivity index (χ1n) is 13.5. The molecule has 9 nitrogen and oxygen atoms in total. The van der Waals surface area contributed by atoms with Crippen LogP contribution in [0, 0.1) is 5.41 Å². The maximum atomic E-state index is 14.6. The van der Waals surface area contributed by atoms with E-state index in [-0.39, 0.29) is 54.3 Å². The van der Waals surface area contributed by atoms with Crippen LogP contribution in [-0.2, 0) is 11.0 Å². The fourth-order valence-corrected chi connectivity index (χ4v) is 6.34. The maximum Gasteiger partial charge on any atom is 0.433 e. The highest BCUT2D eigenvalue weighted by Gasteiger charge is 2.48. The van der Waals surface area contributed by atoms with Crippen LogP contribution in [0.25, 0.3) is 0 Å². The second-order valence-corrected chi connectivity index (χ2v) is 11.9. The number of hydrogen-bond donors (Lipinski definition) is 1. The van der Waals surface area contributed by atoms with Crippen molar-refractivity contribution in [2.45, 2.75) is 63.4 Å². The Kier molecular flexibility index (Phi) is 8.45. The third-order valence-corrected chi connectivity index (χ3v) is 8.76. The molecule has 5 rings (SSSR count). The number of carbonyl (C=O) groups excluding carboxylic acids is 2. The zero-order valence-electron chi connectivity index (χ0n) is 22.9. The molecule has 2 atom stereocenters. The molecule has 1 saturated carbocycles. The van der Waals surface area contributed by atoms with Crippen molar-refractivity contribution in [2.24, 2.45) is 5.41 Å². The molecule has 0 unspecified atom stereocenters. The molecular formula is C29H27Cl2F3N4O5. The first kappa shape index (κ1) is 30.8. The number of pyridine rings is 1. The summed E-state index contributed by atoms with van der Waals surface area (Å²) in [6.07, 6.45) is -1.85. The van der Waals surface area contributed by atoms with Gasteiger partial charge in [-0.25, -0.2) is 0 Å². The number of aliphatic carboxylic acids is 1. The van der Waals surface area contributed by atoms with Crippen molar-refractivity contribution in [3.05, 3.63) is 75.8 Å². The molecule has 43 heavy (non-hydrogen) atoms. The third-order valence-electron chi connectivity index (χ3n) is 8.19. The molecule has 1 aliphatic carbocycles. The first-order valence-corrected chi connectivity index (χ1v) is 14.3. The number of carbonyl (C=O) groups is 3. The third kappa shape index (κ3) is 6.08. The highest BCUT2D eigenvalue weighted by molar-refractivity contribution is 6.40. The summed E-state index contributed by atoms with van der Waals surface area (Å²) in [6, 6.07) is 6.62. The number of Topliss-reactive ketones (excluding diaryl/α,β-unsaturated/α-hetero) is 1. The number of ether oxygens (including phenoxy) is 1. The van der Waals surface area contributed by atoms with E-state index in [1.165, 1.54) is 12.4 Å². The smallest absolute Gasteiger partial charge is 0.433 e. The van der Waals surface area contributed by atoms with Crippen LogP contribution in [0.1, 0.15) is 71.5 Å². The quantitative estimate of drug-likeness (QED) is 0.300. The second-order valence-electron chi connectivity index (χ2n) is 11.1. The number of halogens is 5. The second kappa shape index (κ2) is 11.8. The zero-order chi connectivity index (χ0) is 31.1. The van der Waals surface area contributed by atoms with Crippen molar-refractivity contribution in [1.82, 2.24) is 19.7 Å². The van der Waals surface area contributed by atoms with Crippen LogP contribution in [0.15, 0.2) is 48.9 Å². The van der Waals surface area contributed by atoms with Crippen molar-refractivity contribution in [3.63, 3.8) is 0 Å². The Balaban J connectivity index is 1.49. The van der Waals surface area contributed by atoms with Crippen LogP contribution in [0.4, 0.5) is 13.2 Å². The molecule has 1 aliphatic heterocycles. The Morgan fingerprint density at radius 1 is 1.05 bits per heavy atom. The maximum absolute atomic E-state index is 14.6. The van der Waals surface area contributed by atoms with Gasteiger partial charge in [-0.05, 0) is 44.7 Å². The van der Waals surface area contributed by atoms with Gasteiger partial charge in [0, 0.05) is 18.8 Å². The average Bonchev–Trinajstić information content (AvgIpc) is 3.59. The number of ketones is 1. The number of nitrogens with zero attached hydrogens (tertiary/aromatic N) is 4. The summed E-state index contributed by atoms with van der Waals surface area (Å²) in [5.41, 5.74) is -3.12. The fraction of sp³-hybridized carbons (Fsp3) is 0.414. The van der Waals surface area contributed by atoms with Crippen molar-refractivity contribution in [2.75, 3.05) is 6.54 Å². The van der Waals surface area contributed by atoms with Crippen molar-refractivity contribution in [3.8, 4) is 5.75 Å². The van der Waals surface area contributed by atoms with Gasteiger partial charge in [-0.15, -0.1) is 0 Å². The first-order chi connectivity index (χ1) is 20.3. The lowest BCUT2D eigenvalue weighted by Crippen LogP contribution is -2.42. The molecule has 1 N–H and O–H groups in total. The summed E-state index contributed by atoms with van der Waals surface area (Å²) in [6.45, 7) is 1.38. The van der Waals surface area contributed by atoms with Crippen LogP contribution in [0.5, 0.6) is 5.75 Å². The lowest BCUT2D eigenvalue weighted by atomic mass is 9.74. The standard InChI is InChI=1S/C29H27Cl2F3N4O5/c1-28(27(41)42)9-7-16(8-10-28)38-25(29(32,33)34)19(12-36-38)26(40)37-15-18(43-17-5-3-2-4-6-17)11-22(37)24(39)23-20(30)13-35-14-21(23)31/h2-6,12-14,16,18,22H,7-11,15H2,1H3,(H,41,42)/t16?,18-,22+,28?/m0/s1. The van der Waals surface area contributed by atoms with E-state index in [1.54, 1.807) is 37.3 Å². The van der Waals surface area contributed by atoms with Gasteiger partial charge >= 0.3 is 12.1 Å². The number of carboxylic acid groups (broad SMARTS) is 1. The van der Waals surface area contributed by atoms with Crippen LogP contribution in [-0.4, -0.2) is 61.1 Å². The van der Waals surface area contributed by atoms with Gasteiger partial charge < -0.3 is 14.7 Å². The minimum absolute atomic E-state index is 0.0274. The molecular weight excluding hydrogens is 612 g/mol. The van der Waals surface area contributed by atoms with Gasteiger partial charge in [-0.2, -0.15) is 18.3 Å². The molecule has 0 radical (unpaired) electrons. The van der Waals surface area contributed by atoms with Gasteiger partial charge in [0.15, 0.2) is 11.5 Å². The van der Waals surface area contributed by atoms with Gasteiger partial charge in [0.25, 0.3) is 5.91 Å². The highest BCUT2D eigenvalue weighted by atomic mass is 35.5. The van der Waals surface area contributed by atoms with E-state index in [2.05, 4.69) is 10.1 Å². The minimum atomic E-state index is -4.97. The molecule has 1 amide bonds. The number of likely N-dealkylation sites (tertiary alicyclic amines) is 1. The van der Waals surface area contributed by atoms with Crippen LogP contribution >= 0.6 is 23.2 Å². The number of aromatic nitrogens is 3. The number of benzene rings is 1. The normalized spacial score (nSPS) is 24.1. The summed E-state index contributed by atoms with van der Waals surface area (Å²) < 4.78 is 50.4. The number of hydrogen-bond acceptors (Lipinski definition) is 6. The van der Waals surface area contributed by atoms with Gasteiger partial charge in [-0.3, -0.25) is 24.0 Å². The largest absolute Gasteiger partial charge is 0.488 e. The zero-order valence-corrected chi connectivity index (χ0v) is 24.4. The van der Waals surface area contributed by atoms with Crippen molar-refractivity contribution >= 4 is 40.9 Å². The van der Waals surface area contributed by atoms with E-state index in [1.807, 2.05) is 0 Å². The van der Waals surface area contributed by atoms with Crippen LogP contribution in [0.3, 0.4) is 0 Å². The van der Waals surface area contributed by atoms with E-state index in [9.17, 15) is 32.7 Å². The van der Waals surface area contributed by atoms with E-state index in [4.69, 9.17) is 27.9 Å². The van der Waals surface area contributed by atoms with Crippen LogP contribution in [0.2, 0.25) is 10.0 Å².